The molecule has 140 valence electrons. The van der Waals surface area contributed by atoms with Gasteiger partial charge in [-0.05, 0) is 42.7 Å². The van der Waals surface area contributed by atoms with Crippen molar-refractivity contribution < 1.29 is 18.8 Å². The quantitative estimate of drug-likeness (QED) is 0.650. The second-order valence-corrected chi connectivity index (χ2v) is 6.87. The summed E-state index contributed by atoms with van der Waals surface area (Å²) in [5, 5.41) is 7.21. The van der Waals surface area contributed by atoms with Gasteiger partial charge >= 0.3 is 5.97 Å². The average Bonchev–Trinajstić information content (AvgIpc) is 3.12. The highest BCUT2D eigenvalue weighted by atomic mass is 35.5. The molecule has 26 heavy (non-hydrogen) atoms. The minimum absolute atomic E-state index is 0.134. The van der Waals surface area contributed by atoms with Gasteiger partial charge in [0.25, 0.3) is 0 Å². The predicted octanol–water partition coefficient (Wildman–Crippen LogP) is 2.73. The van der Waals surface area contributed by atoms with Crippen molar-refractivity contribution in [1.29, 1.82) is 0 Å². The minimum Gasteiger partial charge on any atom is -0.467 e. The number of nitrogens with zero attached hydrogens (tertiary/aromatic N) is 2. The van der Waals surface area contributed by atoms with Gasteiger partial charge in [0.1, 0.15) is 6.04 Å². The first-order chi connectivity index (χ1) is 12.5. The van der Waals surface area contributed by atoms with Crippen LogP contribution >= 0.6 is 23.4 Å². The summed E-state index contributed by atoms with van der Waals surface area (Å²) >= 11 is 7.45. The second kappa shape index (κ2) is 10.2. The highest BCUT2D eigenvalue weighted by molar-refractivity contribution is 7.98. The van der Waals surface area contributed by atoms with Crippen LogP contribution in [0, 0.1) is 0 Å². The van der Waals surface area contributed by atoms with Gasteiger partial charge in [-0.2, -0.15) is 16.7 Å². The number of rotatable bonds is 9. The molecule has 1 amide bonds. The van der Waals surface area contributed by atoms with Crippen LogP contribution in [0.25, 0.3) is 11.4 Å². The minimum atomic E-state index is -0.646. The molecule has 2 rings (SSSR count). The lowest BCUT2D eigenvalue weighted by molar-refractivity contribution is -0.145. The molecule has 0 saturated heterocycles. The van der Waals surface area contributed by atoms with Gasteiger partial charge in [-0.1, -0.05) is 16.8 Å². The number of hydrogen-bond donors (Lipinski definition) is 1. The number of amides is 1. The summed E-state index contributed by atoms with van der Waals surface area (Å²) in [4.78, 5) is 28.1. The Morgan fingerprint density at radius 2 is 2.08 bits per heavy atom. The maximum absolute atomic E-state index is 12.1. The van der Waals surface area contributed by atoms with Crippen LogP contribution in [0.3, 0.4) is 0 Å². The lowest BCUT2D eigenvalue weighted by Gasteiger charge is -2.15. The van der Waals surface area contributed by atoms with Crippen molar-refractivity contribution in [2.75, 3.05) is 19.1 Å². The first-order valence-electron chi connectivity index (χ1n) is 7.98. The molecular formula is C17H20ClN3O4S. The van der Waals surface area contributed by atoms with Gasteiger partial charge in [-0.15, -0.1) is 0 Å². The van der Waals surface area contributed by atoms with E-state index in [9.17, 15) is 9.59 Å². The summed E-state index contributed by atoms with van der Waals surface area (Å²) in [6, 6.07) is 6.41. The van der Waals surface area contributed by atoms with Gasteiger partial charge < -0.3 is 14.6 Å². The van der Waals surface area contributed by atoms with Crippen LogP contribution in [-0.4, -0.2) is 47.2 Å². The summed E-state index contributed by atoms with van der Waals surface area (Å²) in [7, 11) is 1.30. The lowest BCUT2D eigenvalue weighted by atomic mass is 10.2. The molecule has 9 heteroatoms. The molecule has 1 heterocycles. The molecule has 0 aliphatic carbocycles. The Kier molecular flexibility index (Phi) is 7.93. The summed E-state index contributed by atoms with van der Waals surface area (Å²) < 4.78 is 9.89. The third kappa shape index (κ3) is 6.03. The number of thioether (sulfide) groups is 1. The number of carbonyl (C=O) groups excluding carboxylic acids is 2. The van der Waals surface area contributed by atoms with Crippen molar-refractivity contribution >= 4 is 35.2 Å². The molecule has 0 aliphatic heterocycles. The number of carbonyl (C=O) groups is 2. The van der Waals surface area contributed by atoms with Crippen molar-refractivity contribution in [2.45, 2.75) is 25.3 Å². The number of methoxy groups -OCH3 is 1. The number of aryl methyl sites for hydroxylation is 1. The molecule has 2 aromatic rings. The molecule has 1 atom stereocenters. The smallest absolute Gasteiger partial charge is 0.328 e. The molecule has 1 N–H and O–H groups in total. The maximum Gasteiger partial charge on any atom is 0.328 e. The first-order valence-corrected chi connectivity index (χ1v) is 9.75. The standard InChI is InChI=1S/C17H20ClN3O4S/c1-24-17(23)13(9-10-26-2)19-14(22)7-8-15-20-16(21-25-15)11-3-5-12(18)6-4-11/h3-6,13H,7-10H2,1-2H3,(H,19,22)/t13-/m1/s1. The molecule has 1 aromatic heterocycles. The van der Waals surface area contributed by atoms with Crippen molar-refractivity contribution in [3.8, 4) is 11.4 Å². The SMILES string of the molecule is COC(=O)[C@@H](CCSC)NC(=O)CCc1nc(-c2ccc(Cl)cc2)no1. The Morgan fingerprint density at radius 3 is 2.73 bits per heavy atom. The molecular weight excluding hydrogens is 378 g/mol. The maximum atomic E-state index is 12.1. The average molecular weight is 398 g/mol. The van der Waals surface area contributed by atoms with E-state index in [0.717, 1.165) is 11.3 Å². The van der Waals surface area contributed by atoms with Gasteiger partial charge in [-0.25, -0.2) is 4.79 Å². The Morgan fingerprint density at radius 1 is 1.35 bits per heavy atom. The fraction of sp³-hybridized carbons (Fsp3) is 0.412. The molecule has 0 aliphatic rings. The summed E-state index contributed by atoms with van der Waals surface area (Å²) in [5.41, 5.74) is 0.775. The molecule has 0 radical (unpaired) electrons. The molecule has 0 bridgehead atoms. The topological polar surface area (TPSA) is 94.3 Å². The third-order valence-electron chi connectivity index (χ3n) is 3.57. The fourth-order valence-electron chi connectivity index (χ4n) is 2.19. The monoisotopic (exact) mass is 397 g/mol. The van der Waals surface area contributed by atoms with Crippen molar-refractivity contribution in [3.05, 3.63) is 35.2 Å². The Balaban J connectivity index is 1.88. The fourth-order valence-corrected chi connectivity index (χ4v) is 2.78. The first kappa shape index (κ1) is 20.3. The number of halogens is 1. The predicted molar refractivity (Wildman–Crippen MR) is 100 cm³/mol. The number of hydrogen-bond acceptors (Lipinski definition) is 7. The summed E-state index contributed by atoms with van der Waals surface area (Å²) in [6.07, 6.45) is 2.86. The van der Waals surface area contributed by atoms with Crippen LogP contribution in [0.2, 0.25) is 5.02 Å². The molecule has 0 unspecified atom stereocenters. The van der Waals surface area contributed by atoms with E-state index in [1.54, 1.807) is 36.0 Å². The van der Waals surface area contributed by atoms with Gasteiger partial charge in [0.15, 0.2) is 0 Å². The zero-order valence-corrected chi connectivity index (χ0v) is 16.1. The lowest BCUT2D eigenvalue weighted by Crippen LogP contribution is -2.42. The van der Waals surface area contributed by atoms with Crippen molar-refractivity contribution in [2.24, 2.45) is 0 Å². The van der Waals surface area contributed by atoms with Crippen molar-refractivity contribution in [1.82, 2.24) is 15.5 Å². The zero-order chi connectivity index (χ0) is 18.9. The Bertz CT molecular complexity index is 736. The van der Waals surface area contributed by atoms with E-state index in [1.807, 2.05) is 6.26 Å². The molecule has 0 saturated carbocycles. The highest BCUT2D eigenvalue weighted by Crippen LogP contribution is 2.19. The summed E-state index contributed by atoms with van der Waals surface area (Å²) in [5.74, 6) is 0.810. The van der Waals surface area contributed by atoms with E-state index < -0.39 is 12.0 Å². The van der Waals surface area contributed by atoms with E-state index in [-0.39, 0.29) is 18.7 Å². The summed E-state index contributed by atoms with van der Waals surface area (Å²) in [6.45, 7) is 0. The van der Waals surface area contributed by atoms with Crippen LogP contribution in [0.4, 0.5) is 0 Å². The van der Waals surface area contributed by atoms with E-state index in [1.165, 1.54) is 7.11 Å². The second-order valence-electron chi connectivity index (χ2n) is 5.44. The van der Waals surface area contributed by atoms with Crippen LogP contribution in [-0.2, 0) is 20.7 Å². The molecule has 1 aromatic carbocycles. The number of esters is 1. The molecule has 0 fully saturated rings. The van der Waals surface area contributed by atoms with Crippen LogP contribution in [0.5, 0.6) is 0 Å². The number of ether oxygens (including phenoxy) is 1. The Labute approximate surface area is 160 Å². The van der Waals surface area contributed by atoms with Gasteiger partial charge in [0, 0.05) is 23.4 Å². The third-order valence-corrected chi connectivity index (χ3v) is 4.46. The molecule has 7 nitrogen and oxygen atoms in total. The van der Waals surface area contributed by atoms with E-state index in [4.69, 9.17) is 20.9 Å². The van der Waals surface area contributed by atoms with Crippen molar-refractivity contribution in [3.63, 3.8) is 0 Å². The largest absolute Gasteiger partial charge is 0.467 e. The Hall–Kier alpha value is -2.06. The number of benzene rings is 1. The van der Waals surface area contributed by atoms with Gasteiger partial charge in [-0.3, -0.25) is 4.79 Å². The van der Waals surface area contributed by atoms with Gasteiger partial charge in [0.05, 0.1) is 7.11 Å². The molecule has 0 spiro atoms. The van der Waals surface area contributed by atoms with E-state index >= 15 is 0 Å². The van der Waals surface area contributed by atoms with Crippen LogP contribution in [0.1, 0.15) is 18.7 Å². The highest BCUT2D eigenvalue weighted by Gasteiger charge is 2.21. The zero-order valence-electron chi connectivity index (χ0n) is 14.5. The van der Waals surface area contributed by atoms with E-state index in [2.05, 4.69) is 15.5 Å². The van der Waals surface area contributed by atoms with Crippen LogP contribution < -0.4 is 5.32 Å². The number of nitrogens with one attached hydrogen (secondary N) is 1. The van der Waals surface area contributed by atoms with Gasteiger partial charge in [0.2, 0.25) is 17.6 Å². The van der Waals surface area contributed by atoms with Crippen LogP contribution in [0.15, 0.2) is 28.8 Å². The normalized spacial score (nSPS) is 11.8. The number of aromatic nitrogens is 2. The van der Waals surface area contributed by atoms with E-state index in [0.29, 0.717) is 23.2 Å².